The molecular weight excluding hydrogens is 1170 g/mol. The Labute approximate surface area is 549 Å². The van der Waals surface area contributed by atoms with E-state index in [1.54, 1.807) is 0 Å². The van der Waals surface area contributed by atoms with E-state index < -0.39 is 0 Å². The minimum atomic E-state index is 0.528. The average molecular weight is 1230 g/mol. The second-order valence-electron chi connectivity index (χ2n) is 24.6. The minimum Gasteiger partial charge on any atom is -0.309 e. The van der Waals surface area contributed by atoms with E-state index in [0.29, 0.717) is 35.2 Å². The van der Waals surface area contributed by atoms with Crippen LogP contribution in [-0.4, -0.2) is 48.2 Å². The van der Waals surface area contributed by atoms with Gasteiger partial charge in [-0.15, -0.1) is 0 Å². The first-order valence-corrected chi connectivity index (χ1v) is 32.4. The fraction of sp³-hybridized carbons (Fsp3) is 0. The Morgan fingerprint density at radius 2 is 0.490 bits per heavy atom. The quantitative estimate of drug-likeness (QED) is 0.143. The molecular formula is C86H52N10. The molecule has 0 spiro atoms. The van der Waals surface area contributed by atoms with Gasteiger partial charge in [-0.25, -0.2) is 9.97 Å². The largest absolute Gasteiger partial charge is 0.309 e. The van der Waals surface area contributed by atoms with E-state index in [2.05, 4.69) is 297 Å². The van der Waals surface area contributed by atoms with Crippen molar-refractivity contribution in [3.8, 4) is 79.9 Å². The fourth-order valence-electron chi connectivity index (χ4n) is 15.0. The van der Waals surface area contributed by atoms with Gasteiger partial charge < -0.3 is 9.13 Å². The van der Waals surface area contributed by atoms with Crippen LogP contribution in [0.15, 0.2) is 315 Å². The van der Waals surface area contributed by atoms with E-state index >= 15 is 0 Å². The molecule has 0 radical (unpaired) electrons. The van der Waals surface area contributed by atoms with Crippen molar-refractivity contribution in [1.82, 2.24) is 48.2 Å². The third-order valence-corrected chi connectivity index (χ3v) is 19.3. The molecule has 6 heterocycles. The number of rotatable bonds is 9. The van der Waals surface area contributed by atoms with Crippen molar-refractivity contribution < 1.29 is 0 Å². The number of nitrogens with zero attached hydrogens (tertiary/aromatic N) is 10. The maximum absolute atomic E-state index is 5.48. The monoisotopic (exact) mass is 1220 g/mol. The number of aromatic nitrogens is 10. The highest BCUT2D eigenvalue weighted by atomic mass is 15.2. The first-order valence-electron chi connectivity index (χ1n) is 32.4. The molecule has 0 saturated carbocycles. The summed E-state index contributed by atoms with van der Waals surface area (Å²) in [5.74, 6) is 3.36. The number of para-hydroxylation sites is 5. The van der Waals surface area contributed by atoms with Gasteiger partial charge in [0.15, 0.2) is 23.3 Å². The molecule has 0 atom stereocenters. The van der Waals surface area contributed by atoms with Crippen molar-refractivity contribution in [2.24, 2.45) is 0 Å². The second kappa shape index (κ2) is 21.2. The molecule has 0 bridgehead atoms. The third kappa shape index (κ3) is 8.18. The molecule has 14 aromatic carbocycles. The number of hydrogen-bond acceptors (Lipinski definition) is 6. The highest BCUT2D eigenvalue weighted by molar-refractivity contribution is 6.29. The van der Waals surface area contributed by atoms with E-state index in [1.165, 1.54) is 26.9 Å². The molecule has 10 heteroatoms. The highest BCUT2D eigenvalue weighted by Gasteiger charge is 2.26. The topological polar surface area (TPSA) is 97.1 Å². The lowest BCUT2D eigenvalue weighted by Crippen LogP contribution is -2.07. The summed E-state index contributed by atoms with van der Waals surface area (Å²) in [4.78, 5) is 32.2. The summed E-state index contributed by atoms with van der Waals surface area (Å²) in [6.45, 7) is 0. The molecule has 6 aromatic heterocycles. The van der Waals surface area contributed by atoms with Gasteiger partial charge in [0.25, 0.3) is 0 Å². The van der Waals surface area contributed by atoms with Gasteiger partial charge in [-0.1, -0.05) is 267 Å². The van der Waals surface area contributed by atoms with Crippen molar-refractivity contribution >= 4 is 109 Å². The van der Waals surface area contributed by atoms with Gasteiger partial charge in [-0.3, -0.25) is 9.13 Å². The molecule has 20 rings (SSSR count). The van der Waals surface area contributed by atoms with Crippen molar-refractivity contribution in [1.29, 1.82) is 0 Å². The smallest absolute Gasteiger partial charge is 0.238 e. The van der Waals surface area contributed by atoms with Gasteiger partial charge in [0, 0.05) is 87.5 Å². The molecule has 0 amide bonds. The summed E-state index contributed by atoms with van der Waals surface area (Å²) in [7, 11) is 0. The zero-order chi connectivity index (χ0) is 63.0. The molecule has 96 heavy (non-hydrogen) atoms. The van der Waals surface area contributed by atoms with Crippen LogP contribution < -0.4 is 0 Å². The zero-order valence-corrected chi connectivity index (χ0v) is 51.5. The maximum atomic E-state index is 5.48. The summed E-state index contributed by atoms with van der Waals surface area (Å²) in [5.41, 5.74) is 16.3. The number of fused-ring (bicyclic) bond motifs is 18. The Morgan fingerprint density at radius 1 is 0.177 bits per heavy atom. The SMILES string of the molecule is c1ccc(-c2nc(-c3ccc(-c4ccc(-c5nc(-c6ccccc6)nc(-n6c7ccccc7c7ccc8c9c%10ccccc%10ccc9n(-c9ccccc9)c8c76)n5)cc4)cc3)nc(-n3c4ccccc4c4ccc5c(ccc6c7ccccc7n(-c7ccccc7)c65)c43)n2)cc1. The lowest BCUT2D eigenvalue weighted by Gasteiger charge is -2.14. The first-order chi connectivity index (χ1) is 47.6. The Morgan fingerprint density at radius 3 is 0.958 bits per heavy atom. The molecule has 10 nitrogen and oxygen atoms in total. The zero-order valence-electron chi connectivity index (χ0n) is 51.5. The van der Waals surface area contributed by atoms with Crippen LogP contribution in [-0.2, 0) is 0 Å². The third-order valence-electron chi connectivity index (χ3n) is 19.3. The van der Waals surface area contributed by atoms with Crippen LogP contribution in [0.1, 0.15) is 0 Å². The molecule has 0 N–H and O–H groups in total. The van der Waals surface area contributed by atoms with Crippen LogP contribution in [0.25, 0.3) is 189 Å². The van der Waals surface area contributed by atoms with Crippen molar-refractivity contribution in [2.45, 2.75) is 0 Å². The first kappa shape index (κ1) is 53.5. The molecule has 0 aliphatic rings. The highest BCUT2D eigenvalue weighted by Crippen LogP contribution is 2.46. The van der Waals surface area contributed by atoms with Gasteiger partial charge >= 0.3 is 0 Å². The van der Waals surface area contributed by atoms with Crippen LogP contribution in [0.4, 0.5) is 0 Å². The van der Waals surface area contributed by atoms with Crippen LogP contribution >= 0.6 is 0 Å². The van der Waals surface area contributed by atoms with Crippen molar-refractivity contribution in [2.75, 3.05) is 0 Å². The predicted molar refractivity (Wildman–Crippen MR) is 393 cm³/mol. The van der Waals surface area contributed by atoms with Crippen LogP contribution in [0.2, 0.25) is 0 Å². The Bertz CT molecular complexity index is 6530. The maximum Gasteiger partial charge on any atom is 0.238 e. The van der Waals surface area contributed by atoms with Crippen molar-refractivity contribution in [3.63, 3.8) is 0 Å². The van der Waals surface area contributed by atoms with Gasteiger partial charge in [0.05, 0.1) is 44.1 Å². The molecule has 0 aliphatic heterocycles. The lowest BCUT2D eigenvalue weighted by atomic mass is 10.0. The van der Waals surface area contributed by atoms with E-state index in [9.17, 15) is 0 Å². The van der Waals surface area contributed by atoms with Crippen LogP contribution in [0.3, 0.4) is 0 Å². The molecule has 446 valence electrons. The molecule has 0 aliphatic carbocycles. The standard InChI is InChI=1S/C86H52N10/c1-5-22-56(23-6-1)81-87-83(91-85(89-81)95-73-35-19-16-32-64(73)67-47-48-69-70(78(67)95)49-46-66-63-31-15-18-34-72(63)93(77(66)69)60-26-9-3-10-27-60)58-41-37-53(38-42-58)54-39-43-59(44-40-54)84-88-82(57-24-7-2-8-25-57)90-86(92-84)96-74-36-20-17-33-65(74)68-50-51-71-76-62-30-14-13-21-55(62)45-52-75(76)94(80(71)79(68)96)61-28-11-4-12-29-61/h1-52H. The molecule has 0 unspecified atom stereocenters. The van der Waals surface area contributed by atoms with Gasteiger partial charge in [-0.05, 0) is 70.4 Å². The van der Waals surface area contributed by atoms with Crippen LogP contribution in [0, 0.1) is 0 Å². The molecule has 20 aromatic rings. The van der Waals surface area contributed by atoms with Crippen LogP contribution in [0.5, 0.6) is 0 Å². The summed E-state index contributed by atoms with van der Waals surface area (Å²) in [6.07, 6.45) is 0. The average Bonchev–Trinajstić information content (AvgIpc) is 1.54. The van der Waals surface area contributed by atoms with E-state index in [4.69, 9.17) is 29.9 Å². The Balaban J connectivity index is 0.717. The second-order valence-corrected chi connectivity index (χ2v) is 24.6. The van der Waals surface area contributed by atoms with E-state index in [0.717, 1.165) is 127 Å². The summed E-state index contributed by atoms with van der Waals surface area (Å²) < 4.78 is 9.33. The molecule has 0 saturated heterocycles. The van der Waals surface area contributed by atoms with Gasteiger partial charge in [-0.2, -0.15) is 19.9 Å². The van der Waals surface area contributed by atoms with E-state index in [-0.39, 0.29) is 0 Å². The van der Waals surface area contributed by atoms with Gasteiger partial charge in [0.2, 0.25) is 11.9 Å². The number of benzene rings is 14. The predicted octanol–water partition coefficient (Wildman–Crippen LogP) is 21.1. The summed E-state index contributed by atoms with van der Waals surface area (Å²) in [5, 5.41) is 13.8. The normalized spacial score (nSPS) is 12.0. The minimum absolute atomic E-state index is 0.528. The van der Waals surface area contributed by atoms with Crippen molar-refractivity contribution in [3.05, 3.63) is 315 Å². The Hall–Kier alpha value is -13.2. The lowest BCUT2D eigenvalue weighted by molar-refractivity contribution is 0.953. The Kier molecular flexibility index (Phi) is 11.8. The van der Waals surface area contributed by atoms with Gasteiger partial charge in [0.1, 0.15) is 0 Å². The fourth-order valence-corrected chi connectivity index (χ4v) is 15.0. The van der Waals surface area contributed by atoms with E-state index in [1.807, 2.05) is 36.4 Å². The molecule has 0 fully saturated rings. The summed E-state index contributed by atoms with van der Waals surface area (Å²) >= 11 is 0. The number of hydrogen-bond donors (Lipinski definition) is 0. The summed E-state index contributed by atoms with van der Waals surface area (Å²) in [6, 6.07) is 112.